The molecule has 1 aromatic heterocycles. The van der Waals surface area contributed by atoms with Crippen molar-refractivity contribution in [2.75, 3.05) is 18.4 Å². The summed E-state index contributed by atoms with van der Waals surface area (Å²) in [5, 5.41) is 7.29. The first-order valence-electron chi connectivity index (χ1n) is 4.94. The predicted molar refractivity (Wildman–Crippen MR) is 58.8 cm³/mol. The van der Waals surface area contributed by atoms with E-state index in [1.807, 2.05) is 12.1 Å². The maximum Gasteiger partial charge on any atom is 0.152 e. The smallest absolute Gasteiger partial charge is 0.152 e. The molecule has 1 aliphatic heterocycles. The van der Waals surface area contributed by atoms with E-state index in [4.69, 9.17) is 11.6 Å². The Labute approximate surface area is 88.9 Å². The van der Waals surface area contributed by atoms with Crippen LogP contribution < -0.4 is 10.6 Å². The van der Waals surface area contributed by atoms with Crippen molar-refractivity contribution in [3.8, 4) is 0 Å². The minimum atomic E-state index is 0.477. The van der Waals surface area contributed by atoms with Gasteiger partial charge in [-0.3, -0.25) is 0 Å². The molecule has 1 aliphatic rings. The highest BCUT2D eigenvalue weighted by Crippen LogP contribution is 2.19. The van der Waals surface area contributed by atoms with Crippen molar-refractivity contribution >= 4 is 17.3 Å². The zero-order valence-electron chi connectivity index (χ0n) is 7.96. The largest absolute Gasteiger partial charge is 0.379 e. The molecule has 1 fully saturated rings. The van der Waals surface area contributed by atoms with Crippen LogP contribution in [0.1, 0.15) is 12.8 Å². The van der Waals surface area contributed by atoms with Crippen LogP contribution in [-0.4, -0.2) is 24.1 Å². The van der Waals surface area contributed by atoms with Crippen LogP contribution in [0.2, 0.25) is 5.15 Å². The van der Waals surface area contributed by atoms with Crippen molar-refractivity contribution < 1.29 is 0 Å². The summed E-state index contributed by atoms with van der Waals surface area (Å²) in [5.74, 6) is 0. The number of anilines is 1. The van der Waals surface area contributed by atoms with Gasteiger partial charge >= 0.3 is 0 Å². The van der Waals surface area contributed by atoms with Crippen molar-refractivity contribution in [3.05, 3.63) is 23.5 Å². The summed E-state index contributed by atoms with van der Waals surface area (Å²) in [5.41, 5.74) is 0.933. The van der Waals surface area contributed by atoms with Gasteiger partial charge in [-0.15, -0.1) is 0 Å². The Bertz CT molecular complexity index is 297. The highest BCUT2D eigenvalue weighted by atomic mass is 35.5. The Hall–Kier alpha value is -0.800. The van der Waals surface area contributed by atoms with Gasteiger partial charge in [-0.1, -0.05) is 11.6 Å². The third-order valence-corrected chi connectivity index (χ3v) is 2.72. The first-order valence-corrected chi connectivity index (χ1v) is 5.32. The average molecular weight is 212 g/mol. The predicted octanol–water partition coefficient (Wildman–Crippen LogP) is 1.90. The molecule has 1 unspecified atom stereocenters. The van der Waals surface area contributed by atoms with Crippen molar-refractivity contribution in [2.45, 2.75) is 18.9 Å². The molecule has 0 saturated carbocycles. The second kappa shape index (κ2) is 4.62. The molecule has 4 heteroatoms. The second-order valence-electron chi connectivity index (χ2n) is 3.53. The molecule has 3 nitrogen and oxygen atoms in total. The van der Waals surface area contributed by atoms with E-state index in [9.17, 15) is 0 Å². The third-order valence-electron chi connectivity index (χ3n) is 2.42. The first-order chi connectivity index (χ1) is 6.86. The van der Waals surface area contributed by atoms with Crippen molar-refractivity contribution in [2.24, 2.45) is 0 Å². The molecule has 2 N–H and O–H groups in total. The van der Waals surface area contributed by atoms with E-state index < -0.39 is 0 Å². The molecule has 0 aromatic carbocycles. The lowest BCUT2D eigenvalue weighted by atomic mass is 10.1. The van der Waals surface area contributed by atoms with Gasteiger partial charge in [0.1, 0.15) is 0 Å². The fraction of sp³-hybridized carbons (Fsp3) is 0.500. The Morgan fingerprint density at radius 1 is 1.57 bits per heavy atom. The van der Waals surface area contributed by atoms with Crippen LogP contribution >= 0.6 is 11.6 Å². The molecule has 2 rings (SSSR count). The van der Waals surface area contributed by atoms with E-state index in [0.717, 1.165) is 18.8 Å². The summed E-state index contributed by atoms with van der Waals surface area (Å²) in [6, 6.07) is 4.33. The van der Waals surface area contributed by atoms with E-state index in [1.165, 1.54) is 12.8 Å². The fourth-order valence-electron chi connectivity index (χ4n) is 1.69. The van der Waals surface area contributed by atoms with E-state index in [-0.39, 0.29) is 0 Å². The summed E-state index contributed by atoms with van der Waals surface area (Å²) in [6.45, 7) is 2.13. The lowest BCUT2D eigenvalue weighted by Crippen LogP contribution is -2.38. The number of pyridine rings is 1. The number of halogens is 1. The minimum absolute atomic E-state index is 0.477. The van der Waals surface area contributed by atoms with Crippen LogP contribution in [0.5, 0.6) is 0 Å². The fourth-order valence-corrected chi connectivity index (χ4v) is 1.86. The summed E-state index contributed by atoms with van der Waals surface area (Å²) in [4.78, 5) is 4.03. The lowest BCUT2D eigenvalue weighted by molar-refractivity contribution is 0.480. The van der Waals surface area contributed by atoms with Crippen LogP contribution in [-0.2, 0) is 0 Å². The molecule has 1 saturated heterocycles. The quantitative estimate of drug-likeness (QED) is 0.734. The van der Waals surface area contributed by atoms with Gasteiger partial charge in [-0.05, 0) is 31.5 Å². The topological polar surface area (TPSA) is 37.0 Å². The standard InChI is InChI=1S/C10H14ClN3/c11-10-9(4-2-6-13-10)14-8-3-1-5-12-7-8/h2,4,6,8,12,14H,1,3,5,7H2. The maximum atomic E-state index is 5.95. The molecular formula is C10H14ClN3. The molecule has 2 heterocycles. The zero-order valence-corrected chi connectivity index (χ0v) is 8.72. The van der Waals surface area contributed by atoms with E-state index in [0.29, 0.717) is 11.2 Å². The molecule has 0 spiro atoms. The van der Waals surface area contributed by atoms with Crippen LogP contribution in [0, 0.1) is 0 Å². The molecular weight excluding hydrogens is 198 g/mol. The Morgan fingerprint density at radius 3 is 3.21 bits per heavy atom. The molecule has 76 valence electrons. The second-order valence-corrected chi connectivity index (χ2v) is 3.89. The molecule has 14 heavy (non-hydrogen) atoms. The van der Waals surface area contributed by atoms with Crippen LogP contribution in [0.25, 0.3) is 0 Å². The first kappa shape index (κ1) is 9.74. The van der Waals surface area contributed by atoms with Gasteiger partial charge < -0.3 is 10.6 Å². The number of hydrogen-bond donors (Lipinski definition) is 2. The van der Waals surface area contributed by atoms with E-state index in [1.54, 1.807) is 6.20 Å². The average Bonchev–Trinajstić information content (AvgIpc) is 2.23. The number of nitrogens with zero attached hydrogens (tertiary/aromatic N) is 1. The van der Waals surface area contributed by atoms with Gasteiger partial charge in [0.25, 0.3) is 0 Å². The molecule has 1 aromatic rings. The van der Waals surface area contributed by atoms with E-state index in [2.05, 4.69) is 15.6 Å². The van der Waals surface area contributed by atoms with Gasteiger partial charge in [0.2, 0.25) is 0 Å². The monoisotopic (exact) mass is 211 g/mol. The molecule has 0 bridgehead atoms. The molecule has 0 radical (unpaired) electrons. The summed E-state index contributed by atoms with van der Waals surface area (Å²) in [7, 11) is 0. The summed E-state index contributed by atoms with van der Waals surface area (Å²) in [6.07, 6.45) is 4.11. The van der Waals surface area contributed by atoms with Gasteiger partial charge in [-0.2, -0.15) is 0 Å². The Kier molecular flexibility index (Phi) is 3.22. The highest BCUT2D eigenvalue weighted by molar-refractivity contribution is 6.31. The molecule has 1 atom stereocenters. The number of piperidine rings is 1. The molecule has 0 amide bonds. The van der Waals surface area contributed by atoms with Gasteiger partial charge in [0.05, 0.1) is 5.69 Å². The number of nitrogens with one attached hydrogen (secondary N) is 2. The third kappa shape index (κ3) is 2.36. The van der Waals surface area contributed by atoms with E-state index >= 15 is 0 Å². The summed E-state index contributed by atoms with van der Waals surface area (Å²) >= 11 is 5.95. The Morgan fingerprint density at radius 2 is 2.50 bits per heavy atom. The normalized spacial score (nSPS) is 21.9. The zero-order chi connectivity index (χ0) is 9.80. The maximum absolute atomic E-state index is 5.95. The highest BCUT2D eigenvalue weighted by Gasteiger charge is 2.13. The molecule has 0 aliphatic carbocycles. The summed E-state index contributed by atoms with van der Waals surface area (Å²) < 4.78 is 0. The van der Waals surface area contributed by atoms with Gasteiger partial charge in [0, 0.05) is 18.8 Å². The lowest BCUT2D eigenvalue weighted by Gasteiger charge is -2.24. The van der Waals surface area contributed by atoms with Crippen LogP contribution in [0.4, 0.5) is 5.69 Å². The SMILES string of the molecule is Clc1ncccc1NC1CCCNC1. The van der Waals surface area contributed by atoms with Crippen LogP contribution in [0.3, 0.4) is 0 Å². The number of aromatic nitrogens is 1. The van der Waals surface area contributed by atoms with Crippen molar-refractivity contribution in [1.82, 2.24) is 10.3 Å². The van der Waals surface area contributed by atoms with Crippen molar-refractivity contribution in [3.63, 3.8) is 0 Å². The van der Waals surface area contributed by atoms with Gasteiger partial charge in [0.15, 0.2) is 5.15 Å². The number of rotatable bonds is 2. The van der Waals surface area contributed by atoms with Gasteiger partial charge in [-0.25, -0.2) is 4.98 Å². The minimum Gasteiger partial charge on any atom is -0.379 e. The number of hydrogen-bond acceptors (Lipinski definition) is 3. The Balaban J connectivity index is 1.99. The van der Waals surface area contributed by atoms with Crippen LogP contribution in [0.15, 0.2) is 18.3 Å². The van der Waals surface area contributed by atoms with Crippen molar-refractivity contribution in [1.29, 1.82) is 0 Å².